The second kappa shape index (κ2) is 6.95. The Bertz CT molecular complexity index is 520. The van der Waals surface area contributed by atoms with Crippen molar-refractivity contribution in [2.45, 2.75) is 52.0 Å². The van der Waals surface area contributed by atoms with E-state index in [-0.39, 0.29) is 5.54 Å². The molecule has 3 nitrogen and oxygen atoms in total. The van der Waals surface area contributed by atoms with Gasteiger partial charge < -0.3 is 4.74 Å². The summed E-state index contributed by atoms with van der Waals surface area (Å²) >= 11 is 0. The third kappa shape index (κ3) is 3.57. The summed E-state index contributed by atoms with van der Waals surface area (Å²) in [6.45, 7) is 7.81. The molecule has 1 aromatic rings. The van der Waals surface area contributed by atoms with Crippen molar-refractivity contribution in [3.63, 3.8) is 0 Å². The van der Waals surface area contributed by atoms with Gasteiger partial charge in [0.2, 0.25) is 0 Å². The number of nitriles is 1. The first-order chi connectivity index (χ1) is 10.1. The summed E-state index contributed by atoms with van der Waals surface area (Å²) in [6.07, 6.45) is 4.16. The highest BCUT2D eigenvalue weighted by molar-refractivity contribution is 5.33. The van der Waals surface area contributed by atoms with Gasteiger partial charge in [0.05, 0.1) is 12.7 Å². The lowest BCUT2D eigenvalue weighted by molar-refractivity contribution is 0.234. The van der Waals surface area contributed by atoms with Gasteiger partial charge in [0.15, 0.2) is 0 Å². The monoisotopic (exact) mass is 286 g/mol. The Kier molecular flexibility index (Phi) is 5.25. The number of ether oxygens (including phenoxy) is 1. The lowest BCUT2D eigenvalue weighted by atomic mass is 9.86. The first kappa shape index (κ1) is 15.9. The van der Waals surface area contributed by atoms with Gasteiger partial charge in [-0.05, 0) is 68.8 Å². The summed E-state index contributed by atoms with van der Waals surface area (Å²) in [5.41, 5.74) is 2.21. The van der Waals surface area contributed by atoms with E-state index in [4.69, 9.17) is 4.74 Å². The highest BCUT2D eigenvalue weighted by Gasteiger charge is 2.42. The minimum atomic E-state index is -0.332. The van der Waals surface area contributed by atoms with Crippen molar-refractivity contribution in [1.29, 1.82) is 5.26 Å². The molecule has 0 bridgehead atoms. The topological polar surface area (TPSA) is 45.0 Å². The van der Waals surface area contributed by atoms with Crippen LogP contribution in [0.25, 0.3) is 0 Å². The van der Waals surface area contributed by atoms with Crippen molar-refractivity contribution >= 4 is 0 Å². The smallest absolute Gasteiger partial charge is 0.119 e. The molecule has 2 atom stereocenters. The standard InChI is InChI=1S/C18H26N2O/c1-4-20-18(13-19)10-5-6-16(18)9-11-21-17-8-7-14(2)15(3)12-17/h7-8,12,16,20H,4-6,9-11H2,1-3H3. The van der Waals surface area contributed by atoms with Crippen molar-refractivity contribution in [3.8, 4) is 11.8 Å². The maximum atomic E-state index is 9.55. The molecule has 1 fully saturated rings. The Hall–Kier alpha value is -1.53. The highest BCUT2D eigenvalue weighted by Crippen LogP contribution is 2.37. The number of hydrogen-bond acceptors (Lipinski definition) is 3. The summed E-state index contributed by atoms with van der Waals surface area (Å²) in [5.74, 6) is 1.33. The van der Waals surface area contributed by atoms with Crippen LogP contribution >= 0.6 is 0 Å². The quantitative estimate of drug-likeness (QED) is 0.866. The molecule has 0 amide bonds. The average molecular weight is 286 g/mol. The fraction of sp³-hybridized carbons (Fsp3) is 0.611. The Labute approximate surface area is 128 Å². The van der Waals surface area contributed by atoms with Gasteiger partial charge in [-0.1, -0.05) is 19.4 Å². The Balaban J connectivity index is 1.90. The summed E-state index contributed by atoms with van der Waals surface area (Å²) in [5, 5.41) is 13.0. The molecule has 1 aliphatic rings. The first-order valence-corrected chi connectivity index (χ1v) is 7.97. The van der Waals surface area contributed by atoms with E-state index < -0.39 is 0 Å². The lowest BCUT2D eigenvalue weighted by Gasteiger charge is -2.29. The predicted molar refractivity (Wildman–Crippen MR) is 85.4 cm³/mol. The average Bonchev–Trinajstić information content (AvgIpc) is 2.87. The van der Waals surface area contributed by atoms with Crippen LogP contribution in [0.1, 0.15) is 43.7 Å². The maximum absolute atomic E-state index is 9.55. The number of hydrogen-bond donors (Lipinski definition) is 1. The predicted octanol–water partition coefficient (Wildman–Crippen LogP) is 3.74. The van der Waals surface area contributed by atoms with Gasteiger partial charge in [0.1, 0.15) is 11.3 Å². The van der Waals surface area contributed by atoms with Crippen LogP contribution < -0.4 is 10.1 Å². The molecule has 3 heteroatoms. The van der Waals surface area contributed by atoms with Crippen molar-refractivity contribution in [2.24, 2.45) is 5.92 Å². The molecule has 0 saturated heterocycles. The molecule has 21 heavy (non-hydrogen) atoms. The zero-order chi connectivity index (χ0) is 15.3. The molecule has 0 radical (unpaired) electrons. The molecule has 0 spiro atoms. The van der Waals surface area contributed by atoms with Crippen molar-refractivity contribution < 1.29 is 4.74 Å². The van der Waals surface area contributed by atoms with Crippen molar-refractivity contribution in [1.82, 2.24) is 5.32 Å². The van der Waals surface area contributed by atoms with Crippen molar-refractivity contribution in [3.05, 3.63) is 29.3 Å². The number of rotatable bonds is 6. The van der Waals surface area contributed by atoms with E-state index >= 15 is 0 Å². The summed E-state index contributed by atoms with van der Waals surface area (Å²) in [6, 6.07) is 8.74. The van der Waals surface area contributed by atoms with E-state index in [2.05, 4.69) is 44.3 Å². The van der Waals surface area contributed by atoms with Crippen LogP contribution in [0.5, 0.6) is 5.75 Å². The fourth-order valence-electron chi connectivity index (χ4n) is 3.33. The highest BCUT2D eigenvalue weighted by atomic mass is 16.5. The molecule has 0 aliphatic heterocycles. The minimum Gasteiger partial charge on any atom is -0.494 e. The van der Waals surface area contributed by atoms with Crippen LogP contribution in [-0.4, -0.2) is 18.7 Å². The SMILES string of the molecule is CCNC1(C#N)CCCC1CCOc1ccc(C)c(C)c1. The fourth-order valence-corrected chi connectivity index (χ4v) is 3.33. The minimum absolute atomic E-state index is 0.332. The van der Waals surface area contributed by atoms with Gasteiger partial charge in [-0.25, -0.2) is 0 Å². The van der Waals surface area contributed by atoms with E-state index in [1.807, 2.05) is 6.07 Å². The van der Waals surface area contributed by atoms with Crippen LogP contribution in [-0.2, 0) is 0 Å². The lowest BCUT2D eigenvalue weighted by Crippen LogP contribution is -2.47. The van der Waals surface area contributed by atoms with Gasteiger partial charge in [-0.3, -0.25) is 5.32 Å². The van der Waals surface area contributed by atoms with Crippen LogP contribution in [0.2, 0.25) is 0 Å². The molecular formula is C18H26N2O. The third-order valence-corrected chi connectivity index (χ3v) is 4.73. The first-order valence-electron chi connectivity index (χ1n) is 7.97. The van der Waals surface area contributed by atoms with Gasteiger partial charge >= 0.3 is 0 Å². The third-order valence-electron chi connectivity index (χ3n) is 4.73. The molecule has 1 aliphatic carbocycles. The van der Waals surface area contributed by atoms with Crippen LogP contribution in [0.4, 0.5) is 0 Å². The van der Waals surface area contributed by atoms with Crippen LogP contribution in [0, 0.1) is 31.1 Å². The van der Waals surface area contributed by atoms with Crippen LogP contribution in [0.3, 0.4) is 0 Å². The summed E-state index contributed by atoms with van der Waals surface area (Å²) < 4.78 is 5.88. The number of aryl methyl sites for hydroxylation is 2. The van der Waals surface area contributed by atoms with E-state index in [0.29, 0.717) is 12.5 Å². The Morgan fingerprint density at radius 1 is 1.38 bits per heavy atom. The Morgan fingerprint density at radius 2 is 2.19 bits per heavy atom. The molecule has 1 N–H and O–H groups in total. The number of benzene rings is 1. The zero-order valence-corrected chi connectivity index (χ0v) is 13.4. The molecule has 1 aromatic carbocycles. The van der Waals surface area contributed by atoms with E-state index in [1.54, 1.807) is 0 Å². The van der Waals surface area contributed by atoms with E-state index in [0.717, 1.165) is 38.0 Å². The van der Waals surface area contributed by atoms with E-state index in [1.165, 1.54) is 11.1 Å². The number of nitrogens with zero attached hydrogens (tertiary/aromatic N) is 1. The maximum Gasteiger partial charge on any atom is 0.119 e. The van der Waals surface area contributed by atoms with Crippen LogP contribution in [0.15, 0.2) is 18.2 Å². The zero-order valence-electron chi connectivity index (χ0n) is 13.4. The summed E-state index contributed by atoms with van der Waals surface area (Å²) in [4.78, 5) is 0. The van der Waals surface area contributed by atoms with E-state index in [9.17, 15) is 5.26 Å². The second-order valence-corrected chi connectivity index (χ2v) is 6.09. The molecule has 114 valence electrons. The molecule has 0 heterocycles. The van der Waals surface area contributed by atoms with Gasteiger partial charge in [-0.2, -0.15) is 5.26 Å². The molecular weight excluding hydrogens is 260 g/mol. The summed E-state index contributed by atoms with van der Waals surface area (Å²) in [7, 11) is 0. The second-order valence-electron chi connectivity index (χ2n) is 6.09. The molecule has 2 unspecified atom stereocenters. The number of nitrogens with one attached hydrogen (secondary N) is 1. The van der Waals surface area contributed by atoms with Crippen molar-refractivity contribution in [2.75, 3.05) is 13.2 Å². The van der Waals surface area contributed by atoms with Gasteiger partial charge in [-0.15, -0.1) is 0 Å². The largest absolute Gasteiger partial charge is 0.494 e. The van der Waals surface area contributed by atoms with Gasteiger partial charge in [0.25, 0.3) is 0 Å². The normalized spacial score (nSPS) is 24.8. The molecule has 1 saturated carbocycles. The molecule has 2 rings (SSSR count). The van der Waals surface area contributed by atoms with Gasteiger partial charge in [0, 0.05) is 0 Å². The Morgan fingerprint density at radius 3 is 2.86 bits per heavy atom. The molecule has 0 aromatic heterocycles.